The smallest absolute Gasteiger partial charge is 0.293 e. The van der Waals surface area contributed by atoms with Crippen molar-refractivity contribution in [1.82, 2.24) is 4.57 Å². The lowest BCUT2D eigenvalue weighted by Gasteiger charge is -2.09. The van der Waals surface area contributed by atoms with Gasteiger partial charge in [0.25, 0.3) is 5.69 Å². The van der Waals surface area contributed by atoms with Crippen molar-refractivity contribution in [3.05, 3.63) is 40.6 Å². The van der Waals surface area contributed by atoms with Crippen LogP contribution in [0, 0.1) is 16.0 Å². The lowest BCUT2D eigenvalue weighted by Crippen LogP contribution is -2.17. The van der Waals surface area contributed by atoms with Crippen LogP contribution in [0.1, 0.15) is 25.7 Å². The summed E-state index contributed by atoms with van der Waals surface area (Å²) in [7, 11) is 0. The molecule has 1 heterocycles. The number of para-hydroxylation sites is 1. The highest BCUT2D eigenvalue weighted by Crippen LogP contribution is 2.29. The van der Waals surface area contributed by atoms with E-state index in [-0.39, 0.29) is 23.9 Å². The lowest BCUT2D eigenvalue weighted by molar-refractivity contribution is -0.383. The van der Waals surface area contributed by atoms with Crippen molar-refractivity contribution in [2.24, 2.45) is 5.92 Å². The molecule has 0 amide bonds. The average molecular weight is 272 g/mol. The molecule has 3 rings (SSSR count). The summed E-state index contributed by atoms with van der Waals surface area (Å²) in [6, 6.07) is 6.81. The Morgan fingerprint density at radius 2 is 2.05 bits per heavy atom. The molecule has 0 aliphatic heterocycles. The van der Waals surface area contributed by atoms with Crippen molar-refractivity contribution in [2.45, 2.75) is 32.2 Å². The minimum absolute atomic E-state index is 0.0618. The van der Waals surface area contributed by atoms with Gasteiger partial charge in [-0.1, -0.05) is 25.0 Å². The fourth-order valence-electron chi connectivity index (χ4n) is 3.06. The van der Waals surface area contributed by atoms with Crippen LogP contribution in [0.5, 0.6) is 0 Å². The van der Waals surface area contributed by atoms with Crippen LogP contribution in [0.25, 0.3) is 10.9 Å². The Kier molecular flexibility index (Phi) is 3.26. The molecular weight excluding hydrogens is 256 g/mol. The molecule has 1 saturated carbocycles. The summed E-state index contributed by atoms with van der Waals surface area (Å²) in [4.78, 5) is 23.0. The third kappa shape index (κ3) is 2.19. The van der Waals surface area contributed by atoms with Crippen molar-refractivity contribution in [3.8, 4) is 0 Å². The summed E-state index contributed by atoms with van der Waals surface area (Å²) in [5.41, 5.74) is 0.607. The predicted octanol–water partition coefficient (Wildman–Crippen LogP) is 3.31. The number of rotatable bonds is 4. The molecule has 2 aromatic rings. The molecule has 1 aromatic heterocycles. The van der Waals surface area contributed by atoms with Crippen molar-refractivity contribution >= 4 is 22.4 Å². The van der Waals surface area contributed by atoms with Crippen LogP contribution in [0.2, 0.25) is 0 Å². The number of non-ortho nitro benzene ring substituents is 1. The van der Waals surface area contributed by atoms with Crippen LogP contribution in [0.15, 0.2) is 30.5 Å². The number of nitro benzene ring substituents is 1. The first-order valence-electron chi connectivity index (χ1n) is 6.92. The first-order valence-corrected chi connectivity index (χ1v) is 6.92. The molecule has 1 fully saturated rings. The number of Topliss-reactive ketones (excluding diaryl/α,β-unsaturated/α-hetero) is 1. The Bertz CT molecular complexity index is 669. The average Bonchev–Trinajstić information content (AvgIpc) is 3.08. The van der Waals surface area contributed by atoms with Gasteiger partial charge in [0.2, 0.25) is 0 Å². The number of carbonyl (C=O) groups is 1. The van der Waals surface area contributed by atoms with Crippen LogP contribution in [-0.2, 0) is 11.3 Å². The lowest BCUT2D eigenvalue weighted by atomic mass is 10.0. The highest BCUT2D eigenvalue weighted by molar-refractivity contribution is 5.90. The van der Waals surface area contributed by atoms with Gasteiger partial charge in [-0.25, -0.2) is 0 Å². The van der Waals surface area contributed by atoms with Crippen molar-refractivity contribution in [1.29, 1.82) is 0 Å². The summed E-state index contributed by atoms with van der Waals surface area (Å²) < 4.78 is 1.72. The highest BCUT2D eigenvalue weighted by atomic mass is 16.6. The van der Waals surface area contributed by atoms with Gasteiger partial charge in [0.1, 0.15) is 5.52 Å². The SMILES string of the molecule is O=C(Cn1ccc2cccc([N+](=O)[O-])c21)C1CCCC1. The number of hydrogen-bond donors (Lipinski definition) is 0. The molecule has 1 aliphatic carbocycles. The molecule has 0 N–H and O–H groups in total. The van der Waals surface area contributed by atoms with E-state index in [1.165, 1.54) is 6.07 Å². The zero-order valence-electron chi connectivity index (χ0n) is 11.1. The minimum atomic E-state index is -0.390. The number of carbonyl (C=O) groups excluding carboxylic acids is 1. The molecule has 0 atom stereocenters. The first-order chi connectivity index (χ1) is 9.66. The second kappa shape index (κ2) is 5.07. The molecule has 0 bridgehead atoms. The summed E-state index contributed by atoms with van der Waals surface area (Å²) in [6.07, 6.45) is 5.91. The predicted molar refractivity (Wildman–Crippen MR) is 75.6 cm³/mol. The number of hydrogen-bond acceptors (Lipinski definition) is 3. The fourth-order valence-corrected chi connectivity index (χ4v) is 3.06. The number of aromatic nitrogens is 1. The molecule has 0 spiro atoms. The van der Waals surface area contributed by atoms with Crippen molar-refractivity contribution in [2.75, 3.05) is 0 Å². The standard InChI is InChI=1S/C15H16N2O3/c18-14(11-4-1-2-5-11)10-16-9-8-12-6-3-7-13(15(12)16)17(19)20/h3,6-9,11H,1-2,4-5,10H2. The molecule has 0 unspecified atom stereocenters. The van der Waals surface area contributed by atoms with E-state index < -0.39 is 4.92 Å². The van der Waals surface area contributed by atoms with E-state index >= 15 is 0 Å². The third-order valence-electron chi connectivity index (χ3n) is 4.10. The molecule has 1 aromatic carbocycles. The van der Waals surface area contributed by atoms with Gasteiger partial charge in [-0.3, -0.25) is 14.9 Å². The van der Waals surface area contributed by atoms with Gasteiger partial charge in [0, 0.05) is 23.6 Å². The van der Waals surface area contributed by atoms with Gasteiger partial charge < -0.3 is 4.57 Å². The number of benzene rings is 1. The Hall–Kier alpha value is -2.17. The third-order valence-corrected chi connectivity index (χ3v) is 4.10. The van der Waals surface area contributed by atoms with Crippen LogP contribution in [0.3, 0.4) is 0 Å². The van der Waals surface area contributed by atoms with Crippen molar-refractivity contribution in [3.63, 3.8) is 0 Å². The second-order valence-corrected chi connectivity index (χ2v) is 5.36. The van der Waals surface area contributed by atoms with Gasteiger partial charge in [-0.05, 0) is 18.9 Å². The van der Waals surface area contributed by atoms with Crippen molar-refractivity contribution < 1.29 is 9.72 Å². The van der Waals surface area contributed by atoms with Crippen LogP contribution >= 0.6 is 0 Å². The van der Waals surface area contributed by atoms with Gasteiger partial charge >= 0.3 is 0 Å². The number of fused-ring (bicyclic) bond motifs is 1. The molecule has 20 heavy (non-hydrogen) atoms. The summed E-state index contributed by atoms with van der Waals surface area (Å²) in [5.74, 6) is 0.327. The summed E-state index contributed by atoms with van der Waals surface area (Å²) in [6.45, 7) is 0.235. The maximum Gasteiger partial charge on any atom is 0.293 e. The van der Waals surface area contributed by atoms with Gasteiger partial charge in [-0.2, -0.15) is 0 Å². The van der Waals surface area contributed by atoms with Gasteiger partial charge in [-0.15, -0.1) is 0 Å². The molecular formula is C15H16N2O3. The second-order valence-electron chi connectivity index (χ2n) is 5.36. The van der Waals surface area contributed by atoms with E-state index in [9.17, 15) is 14.9 Å². The maximum atomic E-state index is 12.2. The van der Waals surface area contributed by atoms with Crippen LogP contribution in [0.4, 0.5) is 5.69 Å². The Morgan fingerprint density at radius 1 is 1.30 bits per heavy atom. The molecule has 5 heteroatoms. The Morgan fingerprint density at radius 3 is 2.75 bits per heavy atom. The molecule has 0 saturated heterocycles. The Labute approximate surface area is 116 Å². The van der Waals surface area contributed by atoms with E-state index in [1.54, 1.807) is 16.8 Å². The highest BCUT2D eigenvalue weighted by Gasteiger charge is 2.24. The van der Waals surface area contributed by atoms with E-state index in [4.69, 9.17) is 0 Å². The van der Waals surface area contributed by atoms with E-state index in [2.05, 4.69) is 0 Å². The zero-order chi connectivity index (χ0) is 14.1. The first kappa shape index (κ1) is 12.8. The molecule has 5 nitrogen and oxygen atoms in total. The van der Waals surface area contributed by atoms with Crippen LogP contribution in [-0.4, -0.2) is 15.3 Å². The summed E-state index contributed by atoms with van der Waals surface area (Å²) >= 11 is 0. The van der Waals surface area contributed by atoms with E-state index in [0.717, 1.165) is 31.1 Å². The monoisotopic (exact) mass is 272 g/mol. The minimum Gasteiger partial charge on any atom is -0.334 e. The van der Waals surface area contributed by atoms with Gasteiger partial charge in [0.15, 0.2) is 5.78 Å². The molecule has 0 radical (unpaired) electrons. The van der Waals surface area contributed by atoms with Crippen LogP contribution < -0.4 is 0 Å². The normalized spacial score (nSPS) is 15.8. The number of nitrogens with zero attached hydrogens (tertiary/aromatic N) is 2. The summed E-state index contributed by atoms with van der Waals surface area (Å²) in [5, 5.41) is 11.9. The Balaban J connectivity index is 1.95. The molecule has 104 valence electrons. The molecule has 1 aliphatic rings. The quantitative estimate of drug-likeness (QED) is 0.633. The topological polar surface area (TPSA) is 65.1 Å². The van der Waals surface area contributed by atoms with Gasteiger partial charge in [0.05, 0.1) is 11.5 Å². The van der Waals surface area contributed by atoms with E-state index in [1.807, 2.05) is 12.1 Å². The fraction of sp³-hybridized carbons (Fsp3) is 0.400. The zero-order valence-corrected chi connectivity index (χ0v) is 11.1. The number of ketones is 1. The largest absolute Gasteiger partial charge is 0.334 e. The maximum absolute atomic E-state index is 12.2. The number of nitro groups is 1. The van der Waals surface area contributed by atoms with E-state index in [0.29, 0.717) is 5.52 Å².